The molecule has 170 valence electrons. The van der Waals surface area contributed by atoms with Gasteiger partial charge in [0.05, 0.1) is 11.8 Å². The molecule has 0 heterocycles. The Balaban J connectivity index is 2.36. The van der Waals surface area contributed by atoms with E-state index in [0.29, 0.717) is 12.2 Å². The van der Waals surface area contributed by atoms with E-state index in [1.54, 1.807) is 32.9 Å². The van der Waals surface area contributed by atoms with Crippen molar-refractivity contribution in [2.24, 2.45) is 29.1 Å². The van der Waals surface area contributed by atoms with Crippen molar-refractivity contribution in [3.63, 3.8) is 0 Å². The van der Waals surface area contributed by atoms with Crippen LogP contribution in [0.15, 0.2) is 18.2 Å². The molecule has 8 heteroatoms. The molecule has 0 aliphatic heterocycles. The number of rotatable bonds is 8. The molecule has 1 aliphatic rings. The second kappa shape index (κ2) is 9.49. The van der Waals surface area contributed by atoms with Gasteiger partial charge in [0.1, 0.15) is 5.78 Å². The van der Waals surface area contributed by atoms with Gasteiger partial charge in [-0.25, -0.2) is 0 Å². The van der Waals surface area contributed by atoms with Crippen molar-refractivity contribution >= 4 is 35.0 Å². The molecule has 1 saturated carbocycles. The van der Waals surface area contributed by atoms with E-state index in [0.717, 1.165) is 11.3 Å². The summed E-state index contributed by atoms with van der Waals surface area (Å²) in [5.41, 5.74) is 1.52. The summed E-state index contributed by atoms with van der Waals surface area (Å²) in [5.74, 6) is -7.22. The Morgan fingerprint density at radius 3 is 2.26 bits per heavy atom. The summed E-state index contributed by atoms with van der Waals surface area (Å²) in [6.07, 6.45) is -0.317. The molecule has 1 aliphatic carbocycles. The summed E-state index contributed by atoms with van der Waals surface area (Å²) in [6.45, 7) is 9.61. The van der Waals surface area contributed by atoms with Gasteiger partial charge in [-0.05, 0) is 43.9 Å². The standard InChI is InChI=1S/C23H32N2O6/c1-6-24-16-11-14(8-7-12(16)2)25-21(29)15-9-13(10-17(26)27)18(19(15)22(30)31)20(28)23(3,4)5/h7-8,11,13,15,18-19,24H,6,9-10H2,1-5H3,(H,25,29)(H,26,27)(H,30,31). The number of carboxylic acid groups (broad SMARTS) is 2. The van der Waals surface area contributed by atoms with E-state index in [4.69, 9.17) is 0 Å². The zero-order chi connectivity index (χ0) is 23.5. The highest BCUT2D eigenvalue weighted by Crippen LogP contribution is 2.47. The summed E-state index contributed by atoms with van der Waals surface area (Å²) >= 11 is 0. The summed E-state index contributed by atoms with van der Waals surface area (Å²) < 4.78 is 0. The minimum atomic E-state index is -1.27. The van der Waals surface area contributed by atoms with Gasteiger partial charge in [-0.2, -0.15) is 0 Å². The number of hydrogen-bond donors (Lipinski definition) is 4. The molecule has 0 radical (unpaired) electrons. The minimum Gasteiger partial charge on any atom is -0.481 e. The smallest absolute Gasteiger partial charge is 0.308 e. The first-order valence-corrected chi connectivity index (χ1v) is 10.5. The summed E-state index contributed by atoms with van der Waals surface area (Å²) in [5, 5.41) is 25.2. The molecular weight excluding hydrogens is 400 g/mol. The van der Waals surface area contributed by atoms with E-state index in [1.807, 2.05) is 19.9 Å². The molecule has 0 spiro atoms. The van der Waals surface area contributed by atoms with Crippen molar-refractivity contribution in [1.29, 1.82) is 0 Å². The van der Waals surface area contributed by atoms with Crippen molar-refractivity contribution in [1.82, 2.24) is 0 Å². The van der Waals surface area contributed by atoms with Gasteiger partial charge in [0.15, 0.2) is 0 Å². The van der Waals surface area contributed by atoms with E-state index >= 15 is 0 Å². The van der Waals surface area contributed by atoms with Crippen LogP contribution in [0.5, 0.6) is 0 Å². The average Bonchev–Trinajstić information content (AvgIpc) is 3.01. The molecule has 8 nitrogen and oxygen atoms in total. The van der Waals surface area contributed by atoms with E-state index < -0.39 is 46.9 Å². The van der Waals surface area contributed by atoms with Gasteiger partial charge in [0.25, 0.3) is 0 Å². The maximum atomic E-state index is 13.1. The molecule has 4 N–H and O–H groups in total. The van der Waals surface area contributed by atoms with Crippen molar-refractivity contribution in [3.05, 3.63) is 23.8 Å². The van der Waals surface area contributed by atoms with E-state index in [-0.39, 0.29) is 18.6 Å². The van der Waals surface area contributed by atoms with Crippen LogP contribution >= 0.6 is 0 Å². The number of aliphatic carboxylic acids is 2. The third kappa shape index (κ3) is 5.62. The number of carboxylic acids is 2. The molecule has 4 unspecified atom stereocenters. The van der Waals surface area contributed by atoms with Gasteiger partial charge in [0, 0.05) is 35.7 Å². The first kappa shape index (κ1) is 24.4. The lowest BCUT2D eigenvalue weighted by Crippen LogP contribution is -2.40. The van der Waals surface area contributed by atoms with E-state index in [1.165, 1.54) is 0 Å². The fraction of sp³-hybridized carbons (Fsp3) is 0.565. The van der Waals surface area contributed by atoms with Crippen LogP contribution in [0, 0.1) is 36.0 Å². The number of carbonyl (C=O) groups is 4. The Hall–Kier alpha value is -2.90. The monoisotopic (exact) mass is 432 g/mol. The SMILES string of the molecule is CCNc1cc(NC(=O)C2CC(CC(=O)O)C(C(=O)C(C)(C)C)C2C(=O)O)ccc1C. The highest BCUT2D eigenvalue weighted by atomic mass is 16.4. The normalized spacial score (nSPS) is 23.3. The molecule has 0 aromatic heterocycles. The largest absolute Gasteiger partial charge is 0.481 e. The van der Waals surface area contributed by atoms with Crippen LogP contribution in [0.25, 0.3) is 0 Å². The third-order valence-electron chi connectivity index (χ3n) is 5.86. The number of carbonyl (C=O) groups excluding carboxylic acids is 2. The molecule has 2 rings (SSSR count). The highest BCUT2D eigenvalue weighted by Gasteiger charge is 2.55. The van der Waals surface area contributed by atoms with Gasteiger partial charge in [-0.1, -0.05) is 26.8 Å². The third-order valence-corrected chi connectivity index (χ3v) is 5.86. The molecule has 4 atom stereocenters. The van der Waals surface area contributed by atoms with Crippen LogP contribution in [0.1, 0.15) is 46.1 Å². The van der Waals surface area contributed by atoms with E-state index in [2.05, 4.69) is 10.6 Å². The Kier molecular flexibility index (Phi) is 7.46. The van der Waals surface area contributed by atoms with Gasteiger partial charge >= 0.3 is 11.9 Å². The number of ketones is 1. The predicted molar refractivity (Wildman–Crippen MR) is 117 cm³/mol. The number of hydrogen-bond acceptors (Lipinski definition) is 5. The average molecular weight is 433 g/mol. The van der Waals surface area contributed by atoms with Gasteiger partial charge in [-0.15, -0.1) is 0 Å². The molecule has 31 heavy (non-hydrogen) atoms. The molecule has 0 saturated heterocycles. The second-order valence-electron chi connectivity index (χ2n) is 9.25. The number of aryl methyl sites for hydroxylation is 1. The molecule has 1 aromatic rings. The number of benzene rings is 1. The Bertz CT molecular complexity index is 873. The first-order chi connectivity index (χ1) is 14.4. The van der Waals surface area contributed by atoms with Crippen molar-refractivity contribution in [2.75, 3.05) is 17.2 Å². The van der Waals surface area contributed by atoms with Crippen LogP contribution < -0.4 is 10.6 Å². The zero-order valence-electron chi connectivity index (χ0n) is 18.7. The van der Waals surface area contributed by atoms with Crippen molar-refractivity contribution in [2.45, 2.75) is 47.5 Å². The lowest BCUT2D eigenvalue weighted by Gasteiger charge is -2.28. The second-order valence-corrected chi connectivity index (χ2v) is 9.25. The fourth-order valence-electron chi connectivity index (χ4n) is 4.39. The maximum Gasteiger partial charge on any atom is 0.308 e. The van der Waals surface area contributed by atoms with Crippen molar-refractivity contribution in [3.8, 4) is 0 Å². The zero-order valence-corrected chi connectivity index (χ0v) is 18.7. The topological polar surface area (TPSA) is 133 Å². The Morgan fingerprint density at radius 1 is 1.10 bits per heavy atom. The van der Waals surface area contributed by atoms with Crippen LogP contribution in [-0.4, -0.2) is 40.4 Å². The lowest BCUT2D eigenvalue weighted by atomic mass is 9.73. The summed E-state index contributed by atoms with van der Waals surface area (Å²) in [6, 6.07) is 5.34. The number of anilines is 2. The van der Waals surface area contributed by atoms with Gasteiger partial charge in [0.2, 0.25) is 5.91 Å². The molecule has 1 fully saturated rings. The molecule has 0 bridgehead atoms. The lowest BCUT2D eigenvalue weighted by molar-refractivity contribution is -0.151. The fourth-order valence-corrected chi connectivity index (χ4v) is 4.39. The van der Waals surface area contributed by atoms with Crippen LogP contribution in [0.2, 0.25) is 0 Å². The quantitative estimate of drug-likeness (QED) is 0.495. The highest BCUT2D eigenvalue weighted by molar-refractivity contribution is 5.99. The number of amides is 1. The molecular formula is C23H32N2O6. The Morgan fingerprint density at radius 2 is 1.74 bits per heavy atom. The first-order valence-electron chi connectivity index (χ1n) is 10.5. The van der Waals surface area contributed by atoms with E-state index in [9.17, 15) is 29.4 Å². The van der Waals surface area contributed by atoms with Crippen LogP contribution in [0.3, 0.4) is 0 Å². The van der Waals surface area contributed by atoms with Crippen LogP contribution in [0.4, 0.5) is 11.4 Å². The minimum absolute atomic E-state index is 0.0352. The van der Waals surface area contributed by atoms with Crippen molar-refractivity contribution < 1.29 is 29.4 Å². The number of Topliss-reactive ketones (excluding diaryl/α,β-unsaturated/α-hetero) is 1. The number of nitrogens with one attached hydrogen (secondary N) is 2. The summed E-state index contributed by atoms with van der Waals surface area (Å²) in [4.78, 5) is 49.7. The van der Waals surface area contributed by atoms with Gasteiger partial charge in [-0.3, -0.25) is 19.2 Å². The maximum absolute atomic E-state index is 13.1. The molecule has 1 aromatic carbocycles. The molecule has 1 amide bonds. The van der Waals surface area contributed by atoms with Gasteiger partial charge < -0.3 is 20.8 Å². The van der Waals surface area contributed by atoms with Crippen LogP contribution in [-0.2, 0) is 19.2 Å². The Labute approximate surface area is 182 Å². The summed E-state index contributed by atoms with van der Waals surface area (Å²) in [7, 11) is 0. The predicted octanol–water partition coefficient (Wildman–Crippen LogP) is 3.41.